The number of hydrogen-bond donors (Lipinski definition) is 0. The van der Waals surface area contributed by atoms with Crippen LogP contribution in [0.5, 0.6) is 0 Å². The van der Waals surface area contributed by atoms with Crippen LogP contribution in [-0.2, 0) is 4.74 Å². The zero-order valence-corrected chi connectivity index (χ0v) is 10.7. The molecular weight excluding hydrogens is 204 g/mol. The maximum absolute atomic E-state index is 11.9. The fraction of sp³-hybridized carbons (Fsp3) is 0.917. The molecule has 0 N–H and O–H groups in total. The van der Waals surface area contributed by atoms with Gasteiger partial charge >= 0.3 is 6.09 Å². The van der Waals surface area contributed by atoms with E-state index in [-0.39, 0.29) is 11.7 Å². The number of carbonyl (C=O) groups excluding carboxylic acids is 1. The Labute approximate surface area is 97.5 Å². The van der Waals surface area contributed by atoms with Gasteiger partial charge in [0, 0.05) is 26.2 Å². The second kappa shape index (κ2) is 3.91. The first kappa shape index (κ1) is 11.7. The molecule has 0 bridgehead atoms. The first-order valence-electron chi connectivity index (χ1n) is 6.01. The standard InChI is InChI=1S/C12H22N2O2/c1-12(2,3)16-11(15)14-7-9-5-13(4)6-10(9)8-14/h9-10H,5-8H2,1-4H3/t9-,10?/m1/s1. The maximum atomic E-state index is 11.9. The van der Waals surface area contributed by atoms with Crippen molar-refractivity contribution in [1.82, 2.24) is 9.80 Å². The molecule has 2 heterocycles. The van der Waals surface area contributed by atoms with Gasteiger partial charge in [0.2, 0.25) is 0 Å². The largest absolute Gasteiger partial charge is 0.444 e. The van der Waals surface area contributed by atoms with E-state index in [0.29, 0.717) is 11.8 Å². The van der Waals surface area contributed by atoms with Gasteiger partial charge in [0.15, 0.2) is 0 Å². The van der Waals surface area contributed by atoms with Crippen LogP contribution >= 0.6 is 0 Å². The van der Waals surface area contributed by atoms with Crippen molar-refractivity contribution >= 4 is 6.09 Å². The fourth-order valence-corrected chi connectivity index (χ4v) is 2.70. The van der Waals surface area contributed by atoms with Crippen LogP contribution in [0.3, 0.4) is 0 Å². The number of ether oxygens (including phenoxy) is 1. The number of nitrogens with zero attached hydrogens (tertiary/aromatic N) is 2. The van der Waals surface area contributed by atoms with Gasteiger partial charge in [0.05, 0.1) is 0 Å². The van der Waals surface area contributed by atoms with E-state index >= 15 is 0 Å². The summed E-state index contributed by atoms with van der Waals surface area (Å²) in [4.78, 5) is 16.1. The van der Waals surface area contributed by atoms with Crippen LogP contribution in [0.15, 0.2) is 0 Å². The lowest BCUT2D eigenvalue weighted by Gasteiger charge is -2.25. The summed E-state index contributed by atoms with van der Waals surface area (Å²) in [5.74, 6) is 1.30. The first-order chi connectivity index (χ1) is 7.35. The van der Waals surface area contributed by atoms with Crippen LogP contribution in [-0.4, -0.2) is 54.7 Å². The average Bonchev–Trinajstić information content (AvgIpc) is 2.56. The van der Waals surface area contributed by atoms with E-state index in [1.165, 1.54) is 0 Å². The van der Waals surface area contributed by atoms with Gasteiger partial charge in [-0.2, -0.15) is 0 Å². The number of fused-ring (bicyclic) bond motifs is 1. The summed E-state index contributed by atoms with van der Waals surface area (Å²) in [5, 5.41) is 0. The van der Waals surface area contributed by atoms with Crippen molar-refractivity contribution in [2.45, 2.75) is 26.4 Å². The molecule has 0 aromatic carbocycles. The molecule has 92 valence electrons. The summed E-state index contributed by atoms with van der Waals surface area (Å²) < 4.78 is 5.39. The molecule has 16 heavy (non-hydrogen) atoms. The third kappa shape index (κ3) is 2.48. The molecular formula is C12H22N2O2. The lowest BCUT2D eigenvalue weighted by atomic mass is 10.0. The Kier molecular flexibility index (Phi) is 2.86. The van der Waals surface area contributed by atoms with E-state index < -0.39 is 0 Å². The Balaban J connectivity index is 1.88. The highest BCUT2D eigenvalue weighted by Crippen LogP contribution is 2.30. The van der Waals surface area contributed by atoms with E-state index in [1.54, 1.807) is 0 Å². The van der Waals surface area contributed by atoms with Crippen LogP contribution in [0.2, 0.25) is 0 Å². The van der Waals surface area contributed by atoms with Crippen molar-refractivity contribution in [3.63, 3.8) is 0 Å². The molecule has 2 atom stereocenters. The quantitative estimate of drug-likeness (QED) is 0.626. The summed E-state index contributed by atoms with van der Waals surface area (Å²) in [7, 11) is 2.15. The lowest BCUT2D eigenvalue weighted by Crippen LogP contribution is -2.37. The van der Waals surface area contributed by atoms with Crippen molar-refractivity contribution in [3.8, 4) is 0 Å². The highest BCUT2D eigenvalue weighted by atomic mass is 16.6. The molecule has 4 nitrogen and oxygen atoms in total. The van der Waals surface area contributed by atoms with Crippen molar-refractivity contribution in [3.05, 3.63) is 0 Å². The Bertz CT molecular complexity index is 271. The number of rotatable bonds is 0. The first-order valence-corrected chi connectivity index (χ1v) is 6.01. The third-order valence-corrected chi connectivity index (χ3v) is 3.32. The summed E-state index contributed by atoms with van der Waals surface area (Å²) in [6.07, 6.45) is -0.149. The van der Waals surface area contributed by atoms with E-state index in [9.17, 15) is 4.79 Å². The van der Waals surface area contributed by atoms with Crippen LogP contribution in [0.4, 0.5) is 4.79 Å². The zero-order chi connectivity index (χ0) is 11.9. The molecule has 2 aliphatic heterocycles. The molecule has 0 radical (unpaired) electrons. The SMILES string of the molecule is CN1CC2CN(C(=O)OC(C)(C)C)C[C@H]2C1. The normalized spacial score (nSPS) is 30.6. The van der Waals surface area contributed by atoms with Crippen molar-refractivity contribution in [2.24, 2.45) is 11.8 Å². The minimum Gasteiger partial charge on any atom is -0.444 e. The lowest BCUT2D eigenvalue weighted by molar-refractivity contribution is 0.0276. The summed E-state index contributed by atoms with van der Waals surface area (Å²) >= 11 is 0. The predicted octanol–water partition coefficient (Wildman–Crippen LogP) is 1.41. The minimum atomic E-state index is -0.383. The van der Waals surface area contributed by atoms with Crippen LogP contribution in [0.1, 0.15) is 20.8 Å². The van der Waals surface area contributed by atoms with Crippen LogP contribution < -0.4 is 0 Å². The van der Waals surface area contributed by atoms with Gasteiger partial charge in [0.25, 0.3) is 0 Å². The Hall–Kier alpha value is -0.770. The summed E-state index contributed by atoms with van der Waals surface area (Å²) in [6.45, 7) is 9.70. The molecule has 0 aliphatic carbocycles. The Morgan fingerprint density at radius 2 is 1.62 bits per heavy atom. The smallest absolute Gasteiger partial charge is 0.410 e. The van der Waals surface area contributed by atoms with E-state index in [2.05, 4.69) is 11.9 Å². The monoisotopic (exact) mass is 226 g/mol. The molecule has 0 aromatic rings. The third-order valence-electron chi connectivity index (χ3n) is 3.32. The topological polar surface area (TPSA) is 32.8 Å². The number of amides is 1. The molecule has 0 saturated carbocycles. The average molecular weight is 226 g/mol. The van der Waals surface area contributed by atoms with Gasteiger partial charge in [-0.1, -0.05) is 0 Å². The van der Waals surface area contributed by atoms with E-state index in [4.69, 9.17) is 4.74 Å². The van der Waals surface area contributed by atoms with Crippen molar-refractivity contribution in [1.29, 1.82) is 0 Å². The zero-order valence-electron chi connectivity index (χ0n) is 10.7. The summed E-state index contributed by atoms with van der Waals surface area (Å²) in [5.41, 5.74) is -0.383. The predicted molar refractivity (Wildman–Crippen MR) is 62.3 cm³/mol. The minimum absolute atomic E-state index is 0.149. The Morgan fingerprint density at radius 3 is 2.06 bits per heavy atom. The highest BCUT2D eigenvalue weighted by molar-refractivity contribution is 5.68. The molecule has 0 spiro atoms. The van der Waals surface area contributed by atoms with Gasteiger partial charge in [-0.3, -0.25) is 0 Å². The molecule has 4 heteroatoms. The number of carbonyl (C=O) groups is 1. The molecule has 2 fully saturated rings. The molecule has 2 saturated heterocycles. The Morgan fingerprint density at radius 1 is 1.12 bits per heavy atom. The van der Waals surface area contributed by atoms with Crippen LogP contribution in [0, 0.1) is 11.8 Å². The summed E-state index contributed by atoms with van der Waals surface area (Å²) in [6, 6.07) is 0. The van der Waals surface area contributed by atoms with E-state index in [0.717, 1.165) is 26.2 Å². The van der Waals surface area contributed by atoms with Crippen molar-refractivity contribution in [2.75, 3.05) is 33.2 Å². The molecule has 0 aromatic heterocycles. The molecule has 1 unspecified atom stereocenters. The van der Waals surface area contributed by atoms with Crippen LogP contribution in [0.25, 0.3) is 0 Å². The second-order valence-electron chi connectivity index (χ2n) is 6.13. The second-order valence-corrected chi connectivity index (χ2v) is 6.13. The van der Waals surface area contributed by atoms with Gasteiger partial charge < -0.3 is 14.5 Å². The molecule has 2 aliphatic rings. The van der Waals surface area contributed by atoms with Crippen molar-refractivity contribution < 1.29 is 9.53 Å². The van der Waals surface area contributed by atoms with Gasteiger partial charge in [-0.05, 0) is 39.7 Å². The van der Waals surface area contributed by atoms with E-state index in [1.807, 2.05) is 25.7 Å². The maximum Gasteiger partial charge on any atom is 0.410 e. The highest BCUT2D eigenvalue weighted by Gasteiger charge is 2.41. The molecule has 1 amide bonds. The van der Waals surface area contributed by atoms with Gasteiger partial charge in [-0.15, -0.1) is 0 Å². The molecule has 2 rings (SSSR count). The number of likely N-dealkylation sites (tertiary alicyclic amines) is 2. The number of hydrogen-bond acceptors (Lipinski definition) is 3. The van der Waals surface area contributed by atoms with Gasteiger partial charge in [0.1, 0.15) is 5.60 Å². The van der Waals surface area contributed by atoms with Gasteiger partial charge in [-0.25, -0.2) is 4.79 Å². The fourth-order valence-electron chi connectivity index (χ4n) is 2.70.